The quantitative estimate of drug-likeness (QED) is 0.780. The number of hydrogen-bond acceptors (Lipinski definition) is 4. The van der Waals surface area contributed by atoms with E-state index in [1.54, 1.807) is 19.1 Å². The molecule has 0 aliphatic carbocycles. The van der Waals surface area contributed by atoms with Crippen molar-refractivity contribution in [2.75, 3.05) is 27.3 Å². The zero-order valence-electron chi connectivity index (χ0n) is 15.5. The Kier molecular flexibility index (Phi) is 6.67. The van der Waals surface area contributed by atoms with Crippen LogP contribution in [0.15, 0.2) is 18.2 Å². The molecule has 6 nitrogen and oxygen atoms in total. The molecule has 0 saturated carbocycles. The van der Waals surface area contributed by atoms with Crippen LogP contribution in [-0.4, -0.2) is 50.1 Å². The lowest BCUT2D eigenvalue weighted by molar-refractivity contribution is -0.139. The molecule has 25 heavy (non-hydrogen) atoms. The van der Waals surface area contributed by atoms with Gasteiger partial charge in [0.2, 0.25) is 11.8 Å². The van der Waals surface area contributed by atoms with E-state index in [9.17, 15) is 9.59 Å². The summed E-state index contributed by atoms with van der Waals surface area (Å²) >= 11 is 0. The Labute approximate surface area is 149 Å². The predicted molar refractivity (Wildman–Crippen MR) is 95.8 cm³/mol. The Hall–Kier alpha value is -2.24. The molecule has 1 aliphatic heterocycles. The van der Waals surface area contributed by atoms with Crippen molar-refractivity contribution in [3.05, 3.63) is 23.8 Å². The number of carbonyl (C=O) groups excluding carboxylic acids is 2. The lowest BCUT2D eigenvalue weighted by Crippen LogP contribution is -2.50. The summed E-state index contributed by atoms with van der Waals surface area (Å²) in [5, 5.41) is 2.97. The van der Waals surface area contributed by atoms with Crippen LogP contribution in [-0.2, 0) is 16.0 Å². The number of benzene rings is 1. The van der Waals surface area contributed by atoms with Gasteiger partial charge in [-0.25, -0.2) is 0 Å². The van der Waals surface area contributed by atoms with Gasteiger partial charge in [0.25, 0.3) is 0 Å². The van der Waals surface area contributed by atoms with E-state index in [4.69, 9.17) is 9.47 Å². The molecule has 1 aliphatic rings. The second-order valence-corrected chi connectivity index (χ2v) is 6.60. The largest absolute Gasteiger partial charge is 0.497 e. The van der Waals surface area contributed by atoms with Gasteiger partial charge in [-0.2, -0.15) is 0 Å². The van der Waals surface area contributed by atoms with Crippen LogP contribution in [0.1, 0.15) is 32.3 Å². The van der Waals surface area contributed by atoms with Crippen LogP contribution < -0.4 is 14.8 Å². The number of methoxy groups -OCH3 is 2. The van der Waals surface area contributed by atoms with Crippen molar-refractivity contribution in [3.8, 4) is 11.5 Å². The molecule has 138 valence electrons. The first kappa shape index (κ1) is 19.1. The normalized spacial score (nSPS) is 15.4. The molecule has 0 unspecified atom stereocenters. The summed E-state index contributed by atoms with van der Waals surface area (Å²) in [7, 11) is 3.23. The maximum absolute atomic E-state index is 12.6. The summed E-state index contributed by atoms with van der Waals surface area (Å²) in [4.78, 5) is 26.3. The van der Waals surface area contributed by atoms with Crippen LogP contribution >= 0.6 is 0 Å². The molecule has 0 bridgehead atoms. The highest BCUT2D eigenvalue weighted by atomic mass is 16.5. The summed E-state index contributed by atoms with van der Waals surface area (Å²) in [6.07, 6.45) is 2.02. The van der Waals surface area contributed by atoms with E-state index in [0.29, 0.717) is 25.9 Å². The van der Waals surface area contributed by atoms with Crippen LogP contribution in [0.4, 0.5) is 0 Å². The predicted octanol–water partition coefficient (Wildman–Crippen LogP) is 2.01. The number of amides is 2. The third-order valence-corrected chi connectivity index (χ3v) is 4.53. The van der Waals surface area contributed by atoms with Crippen molar-refractivity contribution in [2.24, 2.45) is 5.92 Å². The molecule has 1 heterocycles. The molecule has 2 rings (SSSR count). The van der Waals surface area contributed by atoms with Crippen molar-refractivity contribution in [1.82, 2.24) is 10.2 Å². The number of nitrogens with zero attached hydrogens (tertiary/aromatic N) is 1. The Morgan fingerprint density at radius 3 is 2.60 bits per heavy atom. The second-order valence-electron chi connectivity index (χ2n) is 6.60. The van der Waals surface area contributed by atoms with E-state index in [2.05, 4.69) is 5.32 Å². The monoisotopic (exact) mass is 348 g/mol. The summed E-state index contributed by atoms with van der Waals surface area (Å²) in [5.74, 6) is 1.54. The van der Waals surface area contributed by atoms with Gasteiger partial charge in [-0.3, -0.25) is 9.59 Å². The third-order valence-electron chi connectivity index (χ3n) is 4.53. The van der Waals surface area contributed by atoms with Gasteiger partial charge in [0.15, 0.2) is 0 Å². The molecule has 1 aromatic carbocycles. The second kappa shape index (κ2) is 8.74. The van der Waals surface area contributed by atoms with Gasteiger partial charge in [-0.15, -0.1) is 0 Å². The zero-order chi connectivity index (χ0) is 18.4. The molecule has 1 saturated heterocycles. The fourth-order valence-corrected chi connectivity index (χ4v) is 3.25. The number of hydrogen-bond donors (Lipinski definition) is 1. The van der Waals surface area contributed by atoms with Crippen LogP contribution in [0.2, 0.25) is 0 Å². The first-order valence-corrected chi connectivity index (χ1v) is 8.76. The van der Waals surface area contributed by atoms with Crippen LogP contribution in [0.3, 0.4) is 0 Å². The lowest BCUT2D eigenvalue weighted by atomic mass is 10.0. The molecule has 0 radical (unpaired) electrons. The fourth-order valence-electron chi connectivity index (χ4n) is 3.25. The van der Waals surface area contributed by atoms with E-state index < -0.39 is 6.04 Å². The molecule has 1 N–H and O–H groups in total. The van der Waals surface area contributed by atoms with Crippen LogP contribution in [0.5, 0.6) is 11.5 Å². The number of likely N-dealkylation sites (tertiary alicyclic amines) is 1. The van der Waals surface area contributed by atoms with Crippen molar-refractivity contribution in [2.45, 2.75) is 39.2 Å². The van der Waals surface area contributed by atoms with E-state index in [0.717, 1.165) is 23.5 Å². The Bertz CT molecular complexity index is 615. The first-order valence-electron chi connectivity index (χ1n) is 8.76. The summed E-state index contributed by atoms with van der Waals surface area (Å²) in [6, 6.07) is 5.25. The standard InChI is InChI=1S/C19H28N2O4/c1-13(2)18(21-11-5-6-17(21)22)19(23)20-10-9-14-7-8-15(24-3)12-16(14)25-4/h7-8,12-13,18H,5-6,9-11H2,1-4H3,(H,20,23)/t18-/m0/s1. The highest BCUT2D eigenvalue weighted by Gasteiger charge is 2.34. The number of ether oxygens (including phenoxy) is 2. The van der Waals surface area contributed by atoms with E-state index in [-0.39, 0.29) is 17.7 Å². The van der Waals surface area contributed by atoms with Gasteiger partial charge in [-0.05, 0) is 30.4 Å². The van der Waals surface area contributed by atoms with Crippen molar-refractivity contribution in [3.63, 3.8) is 0 Å². The van der Waals surface area contributed by atoms with Crippen molar-refractivity contribution < 1.29 is 19.1 Å². The smallest absolute Gasteiger partial charge is 0.243 e. The van der Waals surface area contributed by atoms with Crippen molar-refractivity contribution >= 4 is 11.8 Å². The average molecular weight is 348 g/mol. The highest BCUT2D eigenvalue weighted by Crippen LogP contribution is 2.25. The summed E-state index contributed by atoms with van der Waals surface area (Å²) < 4.78 is 10.6. The van der Waals surface area contributed by atoms with Crippen molar-refractivity contribution in [1.29, 1.82) is 0 Å². The minimum absolute atomic E-state index is 0.0747. The molecule has 0 aromatic heterocycles. The van der Waals surface area contributed by atoms with Gasteiger partial charge in [0.05, 0.1) is 14.2 Å². The summed E-state index contributed by atoms with van der Waals surface area (Å²) in [6.45, 7) is 5.11. The van der Waals surface area contributed by atoms with Gasteiger partial charge < -0.3 is 19.7 Å². The first-order chi connectivity index (χ1) is 12.0. The topological polar surface area (TPSA) is 67.9 Å². The number of nitrogens with one attached hydrogen (secondary N) is 1. The molecule has 1 atom stereocenters. The fraction of sp³-hybridized carbons (Fsp3) is 0.579. The minimum atomic E-state index is -0.396. The molecule has 6 heteroatoms. The zero-order valence-corrected chi connectivity index (χ0v) is 15.5. The Morgan fingerprint density at radius 1 is 1.28 bits per heavy atom. The molecule has 1 aromatic rings. The van der Waals surface area contributed by atoms with Gasteiger partial charge in [0, 0.05) is 25.6 Å². The maximum Gasteiger partial charge on any atom is 0.243 e. The lowest BCUT2D eigenvalue weighted by Gasteiger charge is -2.29. The van der Waals surface area contributed by atoms with Gasteiger partial charge >= 0.3 is 0 Å². The van der Waals surface area contributed by atoms with Gasteiger partial charge in [-0.1, -0.05) is 19.9 Å². The number of rotatable bonds is 8. The Morgan fingerprint density at radius 2 is 2.04 bits per heavy atom. The molecular weight excluding hydrogens is 320 g/mol. The number of carbonyl (C=O) groups is 2. The third kappa shape index (κ3) is 4.65. The maximum atomic E-state index is 12.6. The Balaban J connectivity index is 1.96. The molecule has 1 fully saturated rings. The van der Waals surface area contributed by atoms with Crippen LogP contribution in [0.25, 0.3) is 0 Å². The summed E-state index contributed by atoms with van der Waals surface area (Å²) in [5.41, 5.74) is 1.00. The van der Waals surface area contributed by atoms with E-state index in [1.165, 1.54) is 0 Å². The van der Waals surface area contributed by atoms with Gasteiger partial charge in [0.1, 0.15) is 17.5 Å². The minimum Gasteiger partial charge on any atom is -0.497 e. The average Bonchev–Trinajstić information content (AvgIpc) is 3.00. The highest BCUT2D eigenvalue weighted by molar-refractivity contribution is 5.88. The van der Waals surface area contributed by atoms with E-state index >= 15 is 0 Å². The SMILES string of the molecule is COc1ccc(CCNC(=O)[C@H](C(C)C)N2CCCC2=O)c(OC)c1. The molecule has 0 spiro atoms. The van der Waals surface area contributed by atoms with E-state index in [1.807, 2.05) is 32.0 Å². The molecular formula is C19H28N2O4. The van der Waals surface area contributed by atoms with Crippen LogP contribution in [0, 0.1) is 5.92 Å². The molecule has 2 amide bonds.